The number of rotatable bonds is 2. The molecule has 20 heavy (non-hydrogen) atoms. The zero-order valence-electron chi connectivity index (χ0n) is 11.9. The third kappa shape index (κ3) is 2.29. The minimum absolute atomic E-state index is 0.0531. The number of piperidine rings is 1. The molecule has 0 bridgehead atoms. The molecule has 108 valence electrons. The zero-order chi connectivity index (χ0) is 14.0. The standard InChI is InChI=1S/C16H21NO3/c1-2-19-15(18)14-11-16(7-9-17-10-8-16)12-5-3-4-6-13(12)20-14/h3-6,14,17H,2,7-11H2,1H3. The summed E-state index contributed by atoms with van der Waals surface area (Å²) >= 11 is 0. The maximum absolute atomic E-state index is 12.1. The van der Waals surface area contributed by atoms with E-state index in [9.17, 15) is 4.79 Å². The van der Waals surface area contributed by atoms with E-state index >= 15 is 0 Å². The van der Waals surface area contributed by atoms with Crippen molar-refractivity contribution in [2.24, 2.45) is 0 Å². The minimum atomic E-state index is -0.469. The molecule has 0 radical (unpaired) electrons. The lowest BCUT2D eigenvalue weighted by molar-refractivity contribution is -0.153. The number of ether oxygens (including phenoxy) is 2. The lowest BCUT2D eigenvalue weighted by Crippen LogP contribution is -2.48. The van der Waals surface area contributed by atoms with Gasteiger partial charge in [0.1, 0.15) is 5.75 Å². The summed E-state index contributed by atoms with van der Waals surface area (Å²) in [6.45, 7) is 4.21. The van der Waals surface area contributed by atoms with E-state index in [1.165, 1.54) is 5.56 Å². The molecule has 1 fully saturated rings. The Hall–Kier alpha value is -1.55. The van der Waals surface area contributed by atoms with Gasteiger partial charge in [-0.3, -0.25) is 0 Å². The fraction of sp³-hybridized carbons (Fsp3) is 0.562. The fourth-order valence-corrected chi connectivity index (χ4v) is 3.41. The zero-order valence-corrected chi connectivity index (χ0v) is 11.9. The second kappa shape index (κ2) is 5.44. The number of benzene rings is 1. The van der Waals surface area contributed by atoms with Crippen molar-refractivity contribution in [1.29, 1.82) is 0 Å². The fourth-order valence-electron chi connectivity index (χ4n) is 3.41. The molecule has 4 heteroatoms. The molecule has 1 aromatic carbocycles. The summed E-state index contributed by atoms with van der Waals surface area (Å²) in [6.07, 6.45) is 2.35. The van der Waals surface area contributed by atoms with E-state index in [1.54, 1.807) is 0 Å². The predicted molar refractivity (Wildman–Crippen MR) is 75.9 cm³/mol. The maximum Gasteiger partial charge on any atom is 0.347 e. The molecule has 1 N–H and O–H groups in total. The van der Waals surface area contributed by atoms with Crippen LogP contribution in [0.2, 0.25) is 0 Å². The van der Waals surface area contributed by atoms with Gasteiger partial charge >= 0.3 is 5.97 Å². The third-order valence-corrected chi connectivity index (χ3v) is 4.41. The Morgan fingerprint density at radius 3 is 2.90 bits per heavy atom. The van der Waals surface area contributed by atoms with Crippen molar-refractivity contribution in [3.8, 4) is 5.75 Å². The second-order valence-corrected chi connectivity index (χ2v) is 5.59. The Kier molecular flexibility index (Phi) is 3.66. The van der Waals surface area contributed by atoms with Gasteiger partial charge in [0.05, 0.1) is 6.61 Å². The number of para-hydroxylation sites is 1. The number of hydrogen-bond acceptors (Lipinski definition) is 4. The Balaban J connectivity index is 1.94. The quantitative estimate of drug-likeness (QED) is 0.839. The van der Waals surface area contributed by atoms with E-state index in [0.29, 0.717) is 6.61 Å². The van der Waals surface area contributed by atoms with E-state index in [1.807, 2.05) is 19.1 Å². The molecule has 1 saturated heterocycles. The average Bonchev–Trinajstić information content (AvgIpc) is 2.48. The molecule has 2 heterocycles. The molecule has 2 aliphatic rings. The van der Waals surface area contributed by atoms with Crippen molar-refractivity contribution < 1.29 is 14.3 Å². The molecule has 1 unspecified atom stereocenters. The highest BCUT2D eigenvalue weighted by atomic mass is 16.6. The molecule has 1 atom stereocenters. The van der Waals surface area contributed by atoms with Crippen LogP contribution in [0.1, 0.15) is 31.7 Å². The van der Waals surface area contributed by atoms with Crippen LogP contribution in [-0.2, 0) is 14.9 Å². The van der Waals surface area contributed by atoms with Gasteiger partial charge in [-0.15, -0.1) is 0 Å². The molecular weight excluding hydrogens is 254 g/mol. The van der Waals surface area contributed by atoms with Crippen LogP contribution in [-0.4, -0.2) is 31.8 Å². The van der Waals surface area contributed by atoms with Gasteiger partial charge in [0, 0.05) is 17.4 Å². The molecule has 4 nitrogen and oxygen atoms in total. The van der Waals surface area contributed by atoms with E-state index in [4.69, 9.17) is 9.47 Å². The molecular formula is C16H21NO3. The molecule has 0 saturated carbocycles. The van der Waals surface area contributed by atoms with E-state index in [0.717, 1.165) is 38.1 Å². The summed E-state index contributed by atoms with van der Waals surface area (Å²) in [5.41, 5.74) is 1.30. The summed E-state index contributed by atoms with van der Waals surface area (Å²) in [6, 6.07) is 8.12. The molecule has 0 amide bonds. The van der Waals surface area contributed by atoms with Crippen LogP contribution in [0.3, 0.4) is 0 Å². The van der Waals surface area contributed by atoms with Crippen LogP contribution >= 0.6 is 0 Å². The second-order valence-electron chi connectivity index (χ2n) is 5.59. The molecule has 2 aliphatic heterocycles. The highest BCUT2D eigenvalue weighted by Gasteiger charge is 2.44. The van der Waals surface area contributed by atoms with Gasteiger partial charge in [0.25, 0.3) is 0 Å². The van der Waals surface area contributed by atoms with Crippen molar-refractivity contribution in [2.75, 3.05) is 19.7 Å². The molecule has 1 spiro atoms. The molecule has 0 aromatic heterocycles. The normalized spacial score (nSPS) is 23.8. The SMILES string of the molecule is CCOC(=O)C1CC2(CCNCC2)c2ccccc2O1. The van der Waals surface area contributed by atoms with Gasteiger partial charge < -0.3 is 14.8 Å². The van der Waals surface area contributed by atoms with Crippen LogP contribution in [0, 0.1) is 0 Å². The van der Waals surface area contributed by atoms with Gasteiger partial charge in [-0.05, 0) is 38.9 Å². The summed E-state index contributed by atoms with van der Waals surface area (Å²) in [7, 11) is 0. The summed E-state index contributed by atoms with van der Waals surface area (Å²) < 4.78 is 11.0. The van der Waals surface area contributed by atoms with Crippen LogP contribution in [0.5, 0.6) is 5.75 Å². The first-order valence-electron chi connectivity index (χ1n) is 7.39. The number of carbonyl (C=O) groups is 1. The Morgan fingerprint density at radius 1 is 1.40 bits per heavy atom. The Labute approximate surface area is 119 Å². The number of esters is 1. The van der Waals surface area contributed by atoms with Crippen LogP contribution in [0.15, 0.2) is 24.3 Å². The van der Waals surface area contributed by atoms with Crippen molar-refractivity contribution in [3.05, 3.63) is 29.8 Å². The summed E-state index contributed by atoms with van der Waals surface area (Å²) in [5.74, 6) is 0.610. The number of nitrogens with one attached hydrogen (secondary N) is 1. The monoisotopic (exact) mass is 275 g/mol. The van der Waals surface area contributed by atoms with Crippen molar-refractivity contribution in [3.63, 3.8) is 0 Å². The molecule has 3 rings (SSSR count). The highest BCUT2D eigenvalue weighted by molar-refractivity contribution is 5.76. The first-order chi connectivity index (χ1) is 9.75. The van der Waals surface area contributed by atoms with Crippen LogP contribution in [0.25, 0.3) is 0 Å². The molecule has 1 aromatic rings. The Bertz CT molecular complexity index is 494. The van der Waals surface area contributed by atoms with Gasteiger partial charge in [0.15, 0.2) is 6.10 Å². The van der Waals surface area contributed by atoms with Gasteiger partial charge in [-0.25, -0.2) is 4.79 Å². The largest absolute Gasteiger partial charge is 0.478 e. The summed E-state index contributed by atoms with van der Waals surface area (Å²) in [4.78, 5) is 12.1. The number of fused-ring (bicyclic) bond motifs is 2. The average molecular weight is 275 g/mol. The number of hydrogen-bond donors (Lipinski definition) is 1. The molecule has 0 aliphatic carbocycles. The lowest BCUT2D eigenvalue weighted by atomic mass is 9.68. The minimum Gasteiger partial charge on any atom is -0.478 e. The first-order valence-corrected chi connectivity index (χ1v) is 7.39. The predicted octanol–water partition coefficient (Wildman–Crippen LogP) is 2.02. The first kappa shape index (κ1) is 13.4. The van der Waals surface area contributed by atoms with E-state index < -0.39 is 6.10 Å². The maximum atomic E-state index is 12.1. The van der Waals surface area contributed by atoms with Crippen molar-refractivity contribution >= 4 is 5.97 Å². The van der Waals surface area contributed by atoms with Gasteiger partial charge in [0.2, 0.25) is 0 Å². The van der Waals surface area contributed by atoms with Crippen LogP contribution < -0.4 is 10.1 Å². The van der Waals surface area contributed by atoms with E-state index in [-0.39, 0.29) is 11.4 Å². The number of carbonyl (C=O) groups excluding carboxylic acids is 1. The summed E-state index contributed by atoms with van der Waals surface area (Å²) in [5, 5.41) is 3.40. The van der Waals surface area contributed by atoms with Crippen molar-refractivity contribution in [1.82, 2.24) is 5.32 Å². The lowest BCUT2D eigenvalue weighted by Gasteiger charge is -2.44. The topological polar surface area (TPSA) is 47.6 Å². The Morgan fingerprint density at radius 2 is 2.15 bits per heavy atom. The highest BCUT2D eigenvalue weighted by Crippen LogP contribution is 2.46. The van der Waals surface area contributed by atoms with Crippen molar-refractivity contribution in [2.45, 2.75) is 37.7 Å². The van der Waals surface area contributed by atoms with Gasteiger partial charge in [-0.1, -0.05) is 18.2 Å². The third-order valence-electron chi connectivity index (χ3n) is 4.41. The van der Waals surface area contributed by atoms with Crippen LogP contribution in [0.4, 0.5) is 0 Å². The van der Waals surface area contributed by atoms with Gasteiger partial charge in [-0.2, -0.15) is 0 Å². The smallest absolute Gasteiger partial charge is 0.347 e. The van der Waals surface area contributed by atoms with E-state index in [2.05, 4.69) is 17.4 Å².